The normalized spacial score (nSPS) is 11.6. The summed E-state index contributed by atoms with van der Waals surface area (Å²) in [4.78, 5) is 28.7. The van der Waals surface area contributed by atoms with E-state index in [9.17, 15) is 9.59 Å². The zero-order chi connectivity index (χ0) is 26.1. The molecule has 1 atom stereocenters. The second-order valence-corrected chi connectivity index (χ2v) is 9.90. The van der Waals surface area contributed by atoms with Crippen LogP contribution in [-0.4, -0.2) is 35.9 Å². The fourth-order valence-corrected chi connectivity index (χ4v) is 4.34. The zero-order valence-corrected chi connectivity index (χ0v) is 23.1. The number of nitrogens with one attached hydrogen (secondary N) is 1. The Bertz CT molecular complexity index is 1160. The number of nitrogens with zero attached hydrogens (tertiary/aromatic N) is 1. The molecule has 5 nitrogen and oxygen atoms in total. The van der Waals surface area contributed by atoms with E-state index in [0.717, 1.165) is 38.7 Å². The molecule has 36 heavy (non-hydrogen) atoms. The number of carbonyl (C=O) groups excluding carboxylic acids is 2. The van der Waals surface area contributed by atoms with Crippen LogP contribution in [-0.2, 0) is 22.6 Å². The van der Waals surface area contributed by atoms with E-state index < -0.39 is 6.04 Å². The Hall–Kier alpha value is -3.12. The highest BCUT2D eigenvalue weighted by atomic mass is 79.9. The number of carbonyl (C=O) groups is 2. The molecule has 0 aromatic heterocycles. The summed E-state index contributed by atoms with van der Waals surface area (Å²) in [7, 11) is 0. The molecule has 0 fully saturated rings. The molecule has 3 rings (SSSR count). The van der Waals surface area contributed by atoms with Gasteiger partial charge in [0.2, 0.25) is 5.91 Å². The van der Waals surface area contributed by atoms with E-state index in [1.54, 1.807) is 4.90 Å². The van der Waals surface area contributed by atoms with Crippen LogP contribution in [0.5, 0.6) is 5.75 Å². The summed E-state index contributed by atoms with van der Waals surface area (Å²) in [6.45, 7) is 8.74. The lowest BCUT2D eigenvalue weighted by atomic mass is 10.0. The highest BCUT2D eigenvalue weighted by Gasteiger charge is 2.30. The molecule has 190 valence electrons. The van der Waals surface area contributed by atoms with E-state index >= 15 is 0 Å². The molecular formula is C30H35BrN2O3. The van der Waals surface area contributed by atoms with Crippen molar-refractivity contribution >= 4 is 27.7 Å². The molecule has 0 spiro atoms. The smallest absolute Gasteiger partial charge is 0.261 e. The van der Waals surface area contributed by atoms with E-state index in [1.807, 2.05) is 94.4 Å². The summed E-state index contributed by atoms with van der Waals surface area (Å²) in [5.74, 6) is 0.245. The van der Waals surface area contributed by atoms with Gasteiger partial charge >= 0.3 is 0 Å². The van der Waals surface area contributed by atoms with E-state index in [0.29, 0.717) is 25.3 Å². The Labute approximate surface area is 223 Å². The van der Waals surface area contributed by atoms with Gasteiger partial charge in [0.25, 0.3) is 5.91 Å². The van der Waals surface area contributed by atoms with Crippen molar-refractivity contribution in [1.82, 2.24) is 10.2 Å². The number of rotatable bonds is 11. The second-order valence-electron chi connectivity index (χ2n) is 9.10. The first-order valence-electron chi connectivity index (χ1n) is 12.3. The van der Waals surface area contributed by atoms with Crippen molar-refractivity contribution in [2.24, 2.45) is 0 Å². The van der Waals surface area contributed by atoms with Crippen molar-refractivity contribution in [3.63, 3.8) is 0 Å². The van der Waals surface area contributed by atoms with Gasteiger partial charge in [0.05, 0.1) is 0 Å². The minimum Gasteiger partial charge on any atom is -0.484 e. The summed E-state index contributed by atoms with van der Waals surface area (Å²) >= 11 is 3.57. The van der Waals surface area contributed by atoms with Crippen molar-refractivity contribution < 1.29 is 14.3 Å². The third kappa shape index (κ3) is 7.44. The van der Waals surface area contributed by atoms with Crippen LogP contribution in [0.2, 0.25) is 0 Å². The Morgan fingerprint density at radius 3 is 2.22 bits per heavy atom. The summed E-state index contributed by atoms with van der Waals surface area (Å²) in [5, 5.41) is 3.00. The lowest BCUT2D eigenvalue weighted by Crippen LogP contribution is -2.51. The average Bonchev–Trinajstić information content (AvgIpc) is 2.88. The first kappa shape index (κ1) is 27.5. The van der Waals surface area contributed by atoms with E-state index in [1.165, 1.54) is 0 Å². The lowest BCUT2D eigenvalue weighted by Gasteiger charge is -2.32. The highest BCUT2D eigenvalue weighted by molar-refractivity contribution is 9.10. The fraction of sp³-hybridized carbons (Fsp3) is 0.333. The van der Waals surface area contributed by atoms with Crippen molar-refractivity contribution in [2.75, 3.05) is 13.2 Å². The third-order valence-electron chi connectivity index (χ3n) is 6.19. The minimum absolute atomic E-state index is 0.154. The molecule has 0 aliphatic heterocycles. The van der Waals surface area contributed by atoms with Crippen LogP contribution in [0.3, 0.4) is 0 Å². The third-order valence-corrected chi connectivity index (χ3v) is 7.45. The molecule has 0 heterocycles. The molecular weight excluding hydrogens is 516 g/mol. The number of hydrogen-bond donors (Lipinski definition) is 1. The Morgan fingerprint density at radius 1 is 0.944 bits per heavy atom. The predicted molar refractivity (Wildman–Crippen MR) is 148 cm³/mol. The molecule has 0 saturated heterocycles. The number of benzene rings is 3. The van der Waals surface area contributed by atoms with Crippen LogP contribution in [0.1, 0.15) is 41.2 Å². The average molecular weight is 552 g/mol. The highest BCUT2D eigenvalue weighted by Crippen LogP contribution is 2.26. The van der Waals surface area contributed by atoms with Gasteiger partial charge in [-0.1, -0.05) is 77.5 Å². The molecule has 0 saturated carbocycles. The number of halogens is 1. The standard InChI is InChI=1S/C30H35BrN2O3/c1-5-15-32-30(35)27(18-24-12-7-6-8-13-24)33(19-25-14-10-9-11-21(25)2)28(34)20-36-26-16-22(3)29(31)23(4)17-26/h6-14,16-17,27H,5,15,18-20H2,1-4H3,(H,32,35). The maximum Gasteiger partial charge on any atom is 0.261 e. The summed E-state index contributed by atoms with van der Waals surface area (Å²) in [6.07, 6.45) is 1.24. The second kappa shape index (κ2) is 13.3. The van der Waals surface area contributed by atoms with Gasteiger partial charge < -0.3 is 15.0 Å². The molecule has 3 aromatic rings. The molecule has 1 unspecified atom stereocenters. The van der Waals surface area contributed by atoms with E-state index in [2.05, 4.69) is 21.2 Å². The summed E-state index contributed by atoms with van der Waals surface area (Å²) in [5.41, 5.74) is 5.15. The van der Waals surface area contributed by atoms with Gasteiger partial charge in [-0.3, -0.25) is 9.59 Å². The SMILES string of the molecule is CCCNC(=O)C(Cc1ccccc1)N(Cc1ccccc1C)C(=O)COc1cc(C)c(Br)c(C)c1. The lowest BCUT2D eigenvalue weighted by molar-refractivity contribution is -0.142. The van der Waals surface area contributed by atoms with Crippen molar-refractivity contribution in [3.05, 3.63) is 99.0 Å². The fourth-order valence-electron chi connectivity index (χ4n) is 4.11. The van der Waals surface area contributed by atoms with Gasteiger partial charge in [0.1, 0.15) is 11.8 Å². The molecule has 0 bridgehead atoms. The molecule has 1 N–H and O–H groups in total. The molecule has 2 amide bonds. The van der Waals surface area contributed by atoms with Crippen LogP contribution < -0.4 is 10.1 Å². The van der Waals surface area contributed by atoms with Gasteiger partial charge in [-0.25, -0.2) is 0 Å². The maximum absolute atomic E-state index is 13.7. The number of hydrogen-bond acceptors (Lipinski definition) is 3. The first-order valence-corrected chi connectivity index (χ1v) is 13.1. The van der Waals surface area contributed by atoms with Gasteiger partial charge in [0.15, 0.2) is 6.61 Å². The maximum atomic E-state index is 13.7. The van der Waals surface area contributed by atoms with E-state index in [4.69, 9.17) is 4.74 Å². The van der Waals surface area contributed by atoms with Crippen LogP contribution in [0.25, 0.3) is 0 Å². The van der Waals surface area contributed by atoms with Crippen LogP contribution in [0.15, 0.2) is 71.2 Å². The largest absolute Gasteiger partial charge is 0.484 e. The van der Waals surface area contributed by atoms with Crippen molar-refractivity contribution in [3.8, 4) is 5.75 Å². The Balaban J connectivity index is 1.92. The molecule has 0 radical (unpaired) electrons. The molecule has 0 aliphatic rings. The summed E-state index contributed by atoms with van der Waals surface area (Å²) < 4.78 is 6.98. The van der Waals surface area contributed by atoms with Crippen molar-refractivity contribution in [1.29, 1.82) is 0 Å². The van der Waals surface area contributed by atoms with E-state index in [-0.39, 0.29) is 18.4 Å². The number of ether oxygens (including phenoxy) is 1. The van der Waals surface area contributed by atoms with Gasteiger partial charge in [-0.2, -0.15) is 0 Å². The number of aryl methyl sites for hydroxylation is 3. The van der Waals surface area contributed by atoms with Crippen LogP contribution >= 0.6 is 15.9 Å². The van der Waals surface area contributed by atoms with Crippen LogP contribution in [0.4, 0.5) is 0 Å². The van der Waals surface area contributed by atoms with Gasteiger partial charge in [-0.05, 0) is 67.1 Å². The molecule has 6 heteroatoms. The van der Waals surface area contributed by atoms with Crippen molar-refractivity contribution in [2.45, 2.75) is 53.1 Å². The number of amides is 2. The Morgan fingerprint density at radius 2 is 1.58 bits per heavy atom. The summed E-state index contributed by atoms with van der Waals surface area (Å²) in [6, 6.07) is 20.9. The van der Waals surface area contributed by atoms with Gasteiger partial charge in [-0.15, -0.1) is 0 Å². The monoisotopic (exact) mass is 550 g/mol. The molecule has 3 aromatic carbocycles. The quantitative estimate of drug-likeness (QED) is 0.322. The van der Waals surface area contributed by atoms with Crippen LogP contribution in [0, 0.1) is 20.8 Å². The van der Waals surface area contributed by atoms with Gasteiger partial charge in [0, 0.05) is 24.0 Å². The Kier molecular flexibility index (Phi) is 10.1. The topological polar surface area (TPSA) is 58.6 Å². The molecule has 0 aliphatic carbocycles. The first-order chi connectivity index (χ1) is 17.3. The zero-order valence-electron chi connectivity index (χ0n) is 21.5. The predicted octanol–water partition coefficient (Wildman–Crippen LogP) is 5.92. The minimum atomic E-state index is -0.664.